The molecule has 5 heteroatoms. The summed E-state index contributed by atoms with van der Waals surface area (Å²) < 4.78 is 0. The highest BCUT2D eigenvalue weighted by atomic mass is 35.5. The van der Waals surface area contributed by atoms with Crippen LogP contribution in [0.2, 0.25) is 5.02 Å². The number of benzene rings is 1. The molecule has 2 fully saturated rings. The van der Waals surface area contributed by atoms with Gasteiger partial charge in [0.1, 0.15) is 0 Å². The highest BCUT2D eigenvalue weighted by molar-refractivity contribution is 6.31. The van der Waals surface area contributed by atoms with Gasteiger partial charge in [0, 0.05) is 24.2 Å². The van der Waals surface area contributed by atoms with Crippen molar-refractivity contribution in [3.8, 4) is 0 Å². The molecular weight excluding hydrogens is 307 g/mol. The molecule has 116 valence electrons. The first-order valence-corrected chi connectivity index (χ1v) is 7.79. The summed E-state index contributed by atoms with van der Waals surface area (Å²) in [4.78, 5) is 14.4. The Morgan fingerprint density at radius 3 is 2.76 bits per heavy atom. The highest BCUT2D eigenvalue weighted by Gasteiger charge is 2.40. The number of halogens is 2. The molecule has 1 saturated carbocycles. The summed E-state index contributed by atoms with van der Waals surface area (Å²) >= 11 is 6.13. The van der Waals surface area contributed by atoms with Gasteiger partial charge in [0.05, 0.1) is 6.42 Å². The number of hydrogen-bond acceptors (Lipinski definition) is 2. The smallest absolute Gasteiger partial charge is 0.227 e. The molecule has 1 aromatic carbocycles. The van der Waals surface area contributed by atoms with Gasteiger partial charge in [-0.3, -0.25) is 4.79 Å². The molecule has 1 heterocycles. The quantitative estimate of drug-likeness (QED) is 0.907. The maximum absolute atomic E-state index is 12.4. The van der Waals surface area contributed by atoms with Crippen molar-refractivity contribution < 1.29 is 4.79 Å². The highest BCUT2D eigenvalue weighted by Crippen LogP contribution is 2.35. The van der Waals surface area contributed by atoms with Gasteiger partial charge in [0.15, 0.2) is 0 Å². The van der Waals surface area contributed by atoms with E-state index >= 15 is 0 Å². The van der Waals surface area contributed by atoms with Crippen molar-refractivity contribution in [3.05, 3.63) is 34.9 Å². The molecule has 21 heavy (non-hydrogen) atoms. The molecule has 3 atom stereocenters. The van der Waals surface area contributed by atoms with Crippen molar-refractivity contribution in [2.45, 2.75) is 31.7 Å². The second-order valence-electron chi connectivity index (χ2n) is 6.09. The van der Waals surface area contributed by atoms with Gasteiger partial charge in [-0.1, -0.05) is 36.2 Å². The van der Waals surface area contributed by atoms with Crippen molar-refractivity contribution >= 4 is 29.9 Å². The Balaban J connectivity index is 0.00000161. The third-order valence-corrected chi connectivity index (χ3v) is 5.17. The molecule has 3 nitrogen and oxygen atoms in total. The van der Waals surface area contributed by atoms with Gasteiger partial charge in [-0.25, -0.2) is 0 Å². The number of likely N-dealkylation sites (tertiary alicyclic amines) is 1. The third kappa shape index (κ3) is 3.53. The molecule has 0 aromatic heterocycles. The molecular formula is C16H22Cl2N2O. The SMILES string of the molecule is Cl.NC1CCCC2CN(C(=O)Cc3ccccc3Cl)CC12. The van der Waals surface area contributed by atoms with Crippen molar-refractivity contribution in [1.82, 2.24) is 4.90 Å². The van der Waals surface area contributed by atoms with Crippen LogP contribution in [-0.4, -0.2) is 29.9 Å². The summed E-state index contributed by atoms with van der Waals surface area (Å²) in [6.07, 6.45) is 3.92. The van der Waals surface area contributed by atoms with E-state index < -0.39 is 0 Å². The molecule has 3 unspecified atom stereocenters. The number of nitrogens with two attached hydrogens (primary N) is 1. The lowest BCUT2D eigenvalue weighted by Gasteiger charge is -2.29. The maximum atomic E-state index is 12.4. The van der Waals surface area contributed by atoms with Crippen LogP contribution in [0.3, 0.4) is 0 Å². The standard InChI is InChI=1S/C16H21ClN2O.ClH/c17-14-6-2-1-4-11(14)8-16(20)19-9-12-5-3-7-15(18)13(12)10-19;/h1-2,4,6,12-13,15H,3,5,7-10,18H2;1H. The average Bonchev–Trinajstić information content (AvgIpc) is 2.87. The third-order valence-electron chi connectivity index (χ3n) is 4.81. The van der Waals surface area contributed by atoms with Crippen LogP contribution in [0.1, 0.15) is 24.8 Å². The van der Waals surface area contributed by atoms with E-state index in [9.17, 15) is 4.79 Å². The molecule has 1 aliphatic carbocycles. The number of nitrogens with zero attached hydrogens (tertiary/aromatic N) is 1. The van der Waals surface area contributed by atoms with Crippen molar-refractivity contribution in [1.29, 1.82) is 0 Å². The Hall–Kier alpha value is -0.770. The maximum Gasteiger partial charge on any atom is 0.227 e. The minimum Gasteiger partial charge on any atom is -0.342 e. The largest absolute Gasteiger partial charge is 0.342 e. The number of fused-ring (bicyclic) bond motifs is 1. The van der Waals surface area contributed by atoms with E-state index in [2.05, 4.69) is 0 Å². The second-order valence-corrected chi connectivity index (χ2v) is 6.49. The van der Waals surface area contributed by atoms with Crippen LogP contribution in [0.15, 0.2) is 24.3 Å². The first-order valence-electron chi connectivity index (χ1n) is 7.42. The minimum atomic E-state index is 0. The minimum absolute atomic E-state index is 0. The van der Waals surface area contributed by atoms with Gasteiger partial charge in [-0.05, 0) is 36.3 Å². The topological polar surface area (TPSA) is 46.3 Å². The van der Waals surface area contributed by atoms with Crippen LogP contribution in [0, 0.1) is 11.8 Å². The lowest BCUT2D eigenvalue weighted by atomic mass is 9.78. The Morgan fingerprint density at radius 1 is 1.29 bits per heavy atom. The monoisotopic (exact) mass is 328 g/mol. The van der Waals surface area contributed by atoms with Crippen molar-refractivity contribution in [2.24, 2.45) is 17.6 Å². The summed E-state index contributed by atoms with van der Waals surface area (Å²) in [5, 5.41) is 0.675. The van der Waals surface area contributed by atoms with Crippen LogP contribution in [-0.2, 0) is 11.2 Å². The fraction of sp³-hybridized carbons (Fsp3) is 0.562. The Morgan fingerprint density at radius 2 is 2.05 bits per heavy atom. The van der Waals surface area contributed by atoms with E-state index in [0.29, 0.717) is 23.3 Å². The zero-order valence-corrected chi connectivity index (χ0v) is 13.6. The first-order chi connectivity index (χ1) is 9.65. The Kier molecular flexibility index (Phi) is 5.53. The lowest BCUT2D eigenvalue weighted by Crippen LogP contribution is -2.38. The van der Waals surface area contributed by atoms with Crippen molar-refractivity contribution in [2.75, 3.05) is 13.1 Å². The van der Waals surface area contributed by atoms with E-state index in [4.69, 9.17) is 17.3 Å². The molecule has 0 bridgehead atoms. The van der Waals surface area contributed by atoms with Crippen LogP contribution >= 0.6 is 24.0 Å². The molecule has 2 N–H and O–H groups in total. The lowest BCUT2D eigenvalue weighted by molar-refractivity contribution is -0.129. The Bertz CT molecular complexity index is 509. The zero-order valence-electron chi connectivity index (χ0n) is 12.0. The van der Waals surface area contributed by atoms with E-state index in [1.807, 2.05) is 29.2 Å². The fourth-order valence-corrected chi connectivity index (χ4v) is 3.84. The molecule has 0 spiro atoms. The summed E-state index contributed by atoms with van der Waals surface area (Å²) in [6.45, 7) is 1.71. The molecule has 1 amide bonds. The average molecular weight is 329 g/mol. The van der Waals surface area contributed by atoms with E-state index in [-0.39, 0.29) is 24.4 Å². The predicted molar refractivity (Wildman–Crippen MR) is 87.8 cm³/mol. The number of hydrogen-bond donors (Lipinski definition) is 1. The van der Waals surface area contributed by atoms with E-state index in [1.165, 1.54) is 12.8 Å². The molecule has 1 saturated heterocycles. The van der Waals surface area contributed by atoms with Crippen LogP contribution < -0.4 is 5.73 Å². The predicted octanol–water partition coefficient (Wildman–Crippen LogP) is 2.89. The van der Waals surface area contributed by atoms with Crippen LogP contribution in [0.25, 0.3) is 0 Å². The number of amides is 1. The normalized spacial score (nSPS) is 27.9. The summed E-state index contributed by atoms with van der Waals surface area (Å²) in [5.41, 5.74) is 7.12. The fourth-order valence-electron chi connectivity index (χ4n) is 3.64. The van der Waals surface area contributed by atoms with Gasteiger partial charge < -0.3 is 10.6 Å². The molecule has 1 aliphatic heterocycles. The zero-order chi connectivity index (χ0) is 14.1. The van der Waals surface area contributed by atoms with Gasteiger partial charge >= 0.3 is 0 Å². The van der Waals surface area contributed by atoms with Gasteiger partial charge in [-0.15, -0.1) is 12.4 Å². The van der Waals surface area contributed by atoms with Crippen molar-refractivity contribution in [3.63, 3.8) is 0 Å². The number of rotatable bonds is 2. The van der Waals surface area contributed by atoms with E-state index in [0.717, 1.165) is 25.1 Å². The second kappa shape index (κ2) is 6.99. The van der Waals surface area contributed by atoms with Gasteiger partial charge in [0.25, 0.3) is 0 Å². The summed E-state index contributed by atoms with van der Waals surface area (Å²) in [6, 6.07) is 7.85. The van der Waals surface area contributed by atoms with E-state index in [1.54, 1.807) is 0 Å². The number of carbonyl (C=O) groups is 1. The molecule has 0 radical (unpaired) electrons. The molecule has 3 rings (SSSR count). The summed E-state index contributed by atoms with van der Waals surface area (Å²) in [7, 11) is 0. The first kappa shape index (κ1) is 16.6. The van der Waals surface area contributed by atoms with Gasteiger partial charge in [-0.2, -0.15) is 0 Å². The van der Waals surface area contributed by atoms with Gasteiger partial charge in [0.2, 0.25) is 5.91 Å². The summed E-state index contributed by atoms with van der Waals surface area (Å²) in [5.74, 6) is 1.28. The number of carbonyl (C=O) groups excluding carboxylic acids is 1. The Labute approximate surface area is 137 Å². The van der Waals surface area contributed by atoms with Crippen LogP contribution in [0.4, 0.5) is 0 Å². The molecule has 2 aliphatic rings. The molecule has 1 aromatic rings. The van der Waals surface area contributed by atoms with Crippen LogP contribution in [0.5, 0.6) is 0 Å².